The maximum absolute atomic E-state index is 4.69. The van der Waals surface area contributed by atoms with Gasteiger partial charge in [0.2, 0.25) is 0 Å². The second-order valence-electron chi connectivity index (χ2n) is 6.74. The van der Waals surface area contributed by atoms with E-state index in [4.69, 9.17) is 4.99 Å². The van der Waals surface area contributed by atoms with Crippen LogP contribution in [0, 0.1) is 13.8 Å². The zero-order valence-corrected chi connectivity index (χ0v) is 19.6. The molecule has 0 amide bonds. The predicted octanol–water partition coefficient (Wildman–Crippen LogP) is 3.45. The molecule has 0 saturated heterocycles. The molecule has 2 N–H and O–H groups in total. The first-order valence-corrected chi connectivity index (χ1v) is 9.78. The Balaban J connectivity index is 0.00000300. The van der Waals surface area contributed by atoms with Crippen molar-refractivity contribution in [2.45, 2.75) is 40.3 Å². The number of hydrogen-bond acceptors (Lipinski definition) is 3. The van der Waals surface area contributed by atoms with E-state index in [-0.39, 0.29) is 24.0 Å². The Morgan fingerprint density at radius 3 is 2.55 bits per heavy atom. The SMILES string of the molecule is CCNC(=NCc1ccc(-n2cccn2)cc1)NCCCn1nc(C)cc1C.I. The number of benzene rings is 1. The lowest BCUT2D eigenvalue weighted by molar-refractivity contribution is 0.555. The highest BCUT2D eigenvalue weighted by molar-refractivity contribution is 14.0. The molecule has 0 atom stereocenters. The smallest absolute Gasteiger partial charge is 0.191 e. The molecule has 0 unspecified atom stereocenters. The van der Waals surface area contributed by atoms with Crippen LogP contribution in [-0.4, -0.2) is 38.6 Å². The van der Waals surface area contributed by atoms with Gasteiger partial charge in [0.1, 0.15) is 0 Å². The summed E-state index contributed by atoms with van der Waals surface area (Å²) in [6, 6.07) is 12.3. The van der Waals surface area contributed by atoms with Gasteiger partial charge in [0, 0.05) is 37.7 Å². The minimum absolute atomic E-state index is 0. The molecule has 7 nitrogen and oxygen atoms in total. The summed E-state index contributed by atoms with van der Waals surface area (Å²) in [6.45, 7) is 9.42. The van der Waals surface area contributed by atoms with Crippen LogP contribution in [0.25, 0.3) is 5.69 Å². The Morgan fingerprint density at radius 1 is 1.14 bits per heavy atom. The van der Waals surface area contributed by atoms with Crippen LogP contribution >= 0.6 is 24.0 Å². The van der Waals surface area contributed by atoms with E-state index in [0.717, 1.165) is 49.0 Å². The van der Waals surface area contributed by atoms with Crippen LogP contribution in [0.1, 0.15) is 30.3 Å². The molecule has 0 aliphatic heterocycles. The molecule has 156 valence electrons. The van der Waals surface area contributed by atoms with E-state index in [1.807, 2.05) is 23.9 Å². The number of hydrogen-bond donors (Lipinski definition) is 2. The lowest BCUT2D eigenvalue weighted by Crippen LogP contribution is -2.38. The van der Waals surface area contributed by atoms with Crippen LogP contribution in [0.15, 0.2) is 53.8 Å². The van der Waals surface area contributed by atoms with Gasteiger partial charge < -0.3 is 10.6 Å². The number of aryl methyl sites for hydroxylation is 3. The van der Waals surface area contributed by atoms with Crippen LogP contribution in [0.4, 0.5) is 0 Å². The van der Waals surface area contributed by atoms with E-state index >= 15 is 0 Å². The minimum Gasteiger partial charge on any atom is -0.357 e. The summed E-state index contributed by atoms with van der Waals surface area (Å²) >= 11 is 0. The summed E-state index contributed by atoms with van der Waals surface area (Å²) < 4.78 is 3.91. The molecule has 2 aromatic heterocycles. The fraction of sp³-hybridized carbons (Fsp3) is 0.381. The van der Waals surface area contributed by atoms with E-state index in [0.29, 0.717) is 6.54 Å². The van der Waals surface area contributed by atoms with Gasteiger partial charge in [-0.25, -0.2) is 9.67 Å². The zero-order valence-electron chi connectivity index (χ0n) is 17.3. The number of halogens is 1. The maximum Gasteiger partial charge on any atom is 0.191 e. The molecule has 2 heterocycles. The summed E-state index contributed by atoms with van der Waals surface area (Å²) in [7, 11) is 0. The first-order chi connectivity index (χ1) is 13.7. The first kappa shape index (κ1) is 22.9. The third kappa shape index (κ3) is 6.88. The molecule has 1 aromatic carbocycles. The third-order valence-corrected chi connectivity index (χ3v) is 4.41. The highest BCUT2D eigenvalue weighted by Gasteiger charge is 2.02. The molecule has 0 saturated carbocycles. The van der Waals surface area contributed by atoms with Crippen molar-refractivity contribution in [1.29, 1.82) is 0 Å². The van der Waals surface area contributed by atoms with Crippen molar-refractivity contribution in [2.75, 3.05) is 13.1 Å². The fourth-order valence-corrected chi connectivity index (χ4v) is 3.02. The maximum atomic E-state index is 4.69. The summed E-state index contributed by atoms with van der Waals surface area (Å²) in [5.74, 6) is 0.840. The number of aliphatic imine (C=N–C) groups is 1. The zero-order chi connectivity index (χ0) is 19.8. The van der Waals surface area contributed by atoms with E-state index in [1.165, 1.54) is 5.69 Å². The summed E-state index contributed by atoms with van der Waals surface area (Å²) in [6.07, 6.45) is 4.71. The Labute approximate surface area is 189 Å². The topological polar surface area (TPSA) is 72.1 Å². The van der Waals surface area contributed by atoms with Crippen molar-refractivity contribution in [3.05, 3.63) is 65.7 Å². The van der Waals surface area contributed by atoms with Crippen molar-refractivity contribution in [3.63, 3.8) is 0 Å². The van der Waals surface area contributed by atoms with Crippen LogP contribution in [0.2, 0.25) is 0 Å². The van der Waals surface area contributed by atoms with Gasteiger partial charge in [0.15, 0.2) is 5.96 Å². The highest BCUT2D eigenvalue weighted by atomic mass is 127. The van der Waals surface area contributed by atoms with Gasteiger partial charge in [-0.3, -0.25) is 4.68 Å². The lowest BCUT2D eigenvalue weighted by Gasteiger charge is -2.12. The standard InChI is InChI=1S/C21H29N7.HI/c1-4-22-21(23-11-5-13-27-18(3)15-17(2)26-27)24-16-19-7-9-20(10-8-19)28-14-6-12-25-28;/h6-10,12,14-15H,4-5,11,13,16H2,1-3H3,(H2,22,23,24);1H. The van der Waals surface area contributed by atoms with E-state index in [9.17, 15) is 0 Å². The van der Waals surface area contributed by atoms with E-state index < -0.39 is 0 Å². The quantitative estimate of drug-likeness (QED) is 0.212. The van der Waals surface area contributed by atoms with Gasteiger partial charge in [-0.05, 0) is 57.0 Å². The average molecular weight is 507 g/mol. The molecule has 0 spiro atoms. The van der Waals surface area contributed by atoms with E-state index in [1.54, 1.807) is 6.20 Å². The second kappa shape index (κ2) is 11.6. The van der Waals surface area contributed by atoms with Crippen molar-refractivity contribution < 1.29 is 0 Å². The molecule has 3 aromatic rings. The lowest BCUT2D eigenvalue weighted by atomic mass is 10.2. The largest absolute Gasteiger partial charge is 0.357 e. The molecule has 3 rings (SSSR count). The molecule has 0 radical (unpaired) electrons. The van der Waals surface area contributed by atoms with Gasteiger partial charge in [-0.2, -0.15) is 10.2 Å². The van der Waals surface area contributed by atoms with Crippen LogP contribution in [0.5, 0.6) is 0 Å². The number of nitrogens with one attached hydrogen (secondary N) is 2. The average Bonchev–Trinajstić information content (AvgIpc) is 3.33. The Kier molecular flexibility index (Phi) is 9.17. The Bertz CT molecular complexity index is 882. The van der Waals surface area contributed by atoms with Crippen molar-refractivity contribution >= 4 is 29.9 Å². The van der Waals surface area contributed by atoms with Gasteiger partial charge in [-0.1, -0.05) is 12.1 Å². The van der Waals surface area contributed by atoms with Crippen molar-refractivity contribution in [3.8, 4) is 5.69 Å². The Morgan fingerprint density at radius 2 is 1.93 bits per heavy atom. The first-order valence-electron chi connectivity index (χ1n) is 9.78. The van der Waals surface area contributed by atoms with Crippen LogP contribution in [0.3, 0.4) is 0 Å². The monoisotopic (exact) mass is 507 g/mol. The van der Waals surface area contributed by atoms with Crippen LogP contribution < -0.4 is 10.6 Å². The molecular formula is C21H30IN7. The molecule has 29 heavy (non-hydrogen) atoms. The van der Waals surface area contributed by atoms with Crippen molar-refractivity contribution in [2.24, 2.45) is 4.99 Å². The minimum atomic E-state index is 0. The fourth-order valence-electron chi connectivity index (χ4n) is 3.02. The van der Waals surface area contributed by atoms with E-state index in [2.05, 4.69) is 69.7 Å². The van der Waals surface area contributed by atoms with Crippen LogP contribution in [-0.2, 0) is 13.1 Å². The van der Waals surface area contributed by atoms with Crippen molar-refractivity contribution in [1.82, 2.24) is 30.2 Å². The molecule has 0 fully saturated rings. The summed E-state index contributed by atoms with van der Waals surface area (Å²) in [4.78, 5) is 4.69. The number of nitrogens with zero attached hydrogens (tertiary/aromatic N) is 5. The molecule has 8 heteroatoms. The Hall–Kier alpha value is -2.36. The number of guanidine groups is 1. The molecule has 0 aliphatic carbocycles. The normalized spacial score (nSPS) is 11.2. The number of rotatable bonds is 8. The summed E-state index contributed by atoms with van der Waals surface area (Å²) in [5.41, 5.74) is 4.48. The van der Waals surface area contributed by atoms with Gasteiger partial charge in [-0.15, -0.1) is 24.0 Å². The third-order valence-electron chi connectivity index (χ3n) is 4.41. The molecular weight excluding hydrogens is 477 g/mol. The number of aromatic nitrogens is 4. The molecule has 0 aliphatic rings. The van der Waals surface area contributed by atoms with Gasteiger partial charge >= 0.3 is 0 Å². The molecule has 0 bridgehead atoms. The predicted molar refractivity (Wildman–Crippen MR) is 128 cm³/mol. The van der Waals surface area contributed by atoms with Gasteiger partial charge in [0.25, 0.3) is 0 Å². The second-order valence-corrected chi connectivity index (χ2v) is 6.74. The summed E-state index contributed by atoms with van der Waals surface area (Å²) in [5, 5.41) is 15.5. The highest BCUT2D eigenvalue weighted by Crippen LogP contribution is 2.09. The van der Waals surface area contributed by atoms with Gasteiger partial charge in [0.05, 0.1) is 17.9 Å².